The number of hydrogen-bond donors (Lipinski definition) is 2. The molecular weight excluding hydrogens is 412 g/mol. The van der Waals surface area contributed by atoms with Gasteiger partial charge in [-0.25, -0.2) is 0 Å². The van der Waals surface area contributed by atoms with Gasteiger partial charge in [0.1, 0.15) is 17.6 Å². The number of aliphatic hydroxyl groups excluding tert-OH is 1. The molecule has 3 rings (SSSR count). The number of nitrogens with zero attached hydrogens (tertiary/aromatic N) is 2. The highest BCUT2D eigenvalue weighted by Crippen LogP contribution is 2.65. The number of amides is 2. The highest BCUT2D eigenvalue weighted by atomic mass is 16.5. The maximum Gasteiger partial charge on any atom is 0.310 e. The van der Waals surface area contributed by atoms with Crippen LogP contribution in [0.15, 0.2) is 12.7 Å². The van der Waals surface area contributed by atoms with Crippen molar-refractivity contribution >= 4 is 17.8 Å². The van der Waals surface area contributed by atoms with E-state index in [1.165, 1.54) is 4.90 Å². The van der Waals surface area contributed by atoms with Crippen LogP contribution < -0.4 is 0 Å². The summed E-state index contributed by atoms with van der Waals surface area (Å²) in [5, 5.41) is 20.3. The van der Waals surface area contributed by atoms with Crippen LogP contribution in [0.2, 0.25) is 0 Å². The molecule has 8 heteroatoms. The Hall–Kier alpha value is -1.93. The molecule has 3 aliphatic rings. The smallest absolute Gasteiger partial charge is 0.310 e. The second-order valence-electron chi connectivity index (χ2n) is 10.6. The average Bonchev–Trinajstić information content (AvgIpc) is 3.20. The van der Waals surface area contributed by atoms with E-state index >= 15 is 0 Å². The standard InChI is InChI=1S/C24H38N2O6/c1-8-9-25(14(4)5)21(29)19-24-11-15(6)23(7,32-24)18(22(30)31)17(24)20(28)26(19)16(12-27)10-13(2)3/h8,13-19,27H,1,9-12H2,2-7H3,(H,30,31)/t15?,16-,17+,18+,19?,23-,24?/m1/s1. The molecule has 0 aromatic heterocycles. The van der Waals surface area contributed by atoms with E-state index in [0.29, 0.717) is 19.4 Å². The van der Waals surface area contributed by atoms with Crippen LogP contribution in [0.25, 0.3) is 0 Å². The summed E-state index contributed by atoms with van der Waals surface area (Å²) < 4.78 is 6.50. The van der Waals surface area contributed by atoms with E-state index in [0.717, 1.165) is 0 Å². The van der Waals surface area contributed by atoms with E-state index < -0.39 is 47.0 Å². The second-order valence-corrected chi connectivity index (χ2v) is 10.6. The molecule has 32 heavy (non-hydrogen) atoms. The zero-order valence-corrected chi connectivity index (χ0v) is 20.1. The Labute approximate surface area is 190 Å². The summed E-state index contributed by atoms with van der Waals surface area (Å²) in [5.41, 5.74) is -2.24. The highest BCUT2D eigenvalue weighted by Gasteiger charge is 2.80. The molecule has 8 nitrogen and oxygen atoms in total. The predicted molar refractivity (Wildman–Crippen MR) is 119 cm³/mol. The second kappa shape index (κ2) is 8.45. The number of carbonyl (C=O) groups excluding carboxylic acids is 2. The van der Waals surface area contributed by atoms with Gasteiger partial charge in [0, 0.05) is 12.6 Å². The molecule has 180 valence electrons. The minimum atomic E-state index is -1.22. The van der Waals surface area contributed by atoms with Crippen LogP contribution in [0.1, 0.15) is 54.4 Å². The third-order valence-corrected chi connectivity index (χ3v) is 7.83. The Kier molecular flexibility index (Phi) is 6.52. The van der Waals surface area contributed by atoms with E-state index in [2.05, 4.69) is 6.58 Å². The van der Waals surface area contributed by atoms with Crippen LogP contribution in [-0.2, 0) is 19.1 Å². The van der Waals surface area contributed by atoms with Crippen molar-refractivity contribution in [3.63, 3.8) is 0 Å². The number of carboxylic acid groups (broad SMARTS) is 1. The zero-order valence-electron chi connectivity index (χ0n) is 20.1. The fraction of sp³-hybridized carbons (Fsp3) is 0.792. The molecule has 3 saturated heterocycles. The van der Waals surface area contributed by atoms with E-state index in [1.54, 1.807) is 17.9 Å². The summed E-state index contributed by atoms with van der Waals surface area (Å²) in [6, 6.07) is -1.71. The molecule has 2 amide bonds. The van der Waals surface area contributed by atoms with Gasteiger partial charge >= 0.3 is 5.97 Å². The fourth-order valence-electron chi connectivity index (χ4n) is 6.40. The van der Waals surface area contributed by atoms with Crippen molar-refractivity contribution < 1.29 is 29.3 Å². The summed E-state index contributed by atoms with van der Waals surface area (Å²) in [7, 11) is 0. The normalized spacial score (nSPS) is 36.7. The van der Waals surface area contributed by atoms with Gasteiger partial charge < -0.3 is 24.7 Å². The van der Waals surface area contributed by atoms with Gasteiger partial charge in [-0.15, -0.1) is 6.58 Å². The van der Waals surface area contributed by atoms with Crippen molar-refractivity contribution in [2.75, 3.05) is 13.2 Å². The first kappa shape index (κ1) is 24.7. The molecule has 3 heterocycles. The lowest BCUT2D eigenvalue weighted by molar-refractivity contribution is -0.160. The fourth-order valence-corrected chi connectivity index (χ4v) is 6.40. The lowest BCUT2D eigenvalue weighted by Crippen LogP contribution is -2.60. The van der Waals surface area contributed by atoms with Crippen molar-refractivity contribution in [1.29, 1.82) is 0 Å². The first-order valence-corrected chi connectivity index (χ1v) is 11.6. The Morgan fingerprint density at radius 3 is 2.44 bits per heavy atom. The molecule has 7 atom stereocenters. The number of hydrogen-bond acceptors (Lipinski definition) is 5. The first-order valence-electron chi connectivity index (χ1n) is 11.6. The minimum Gasteiger partial charge on any atom is -0.481 e. The van der Waals surface area contributed by atoms with Crippen molar-refractivity contribution in [1.82, 2.24) is 9.80 Å². The third-order valence-electron chi connectivity index (χ3n) is 7.83. The van der Waals surface area contributed by atoms with Crippen molar-refractivity contribution in [3.05, 3.63) is 12.7 Å². The van der Waals surface area contributed by atoms with Gasteiger partial charge in [0.25, 0.3) is 0 Å². The van der Waals surface area contributed by atoms with Gasteiger partial charge in [0.2, 0.25) is 11.8 Å². The molecule has 0 radical (unpaired) electrons. The summed E-state index contributed by atoms with van der Waals surface area (Å²) in [6.45, 7) is 15.2. The topological polar surface area (TPSA) is 107 Å². The van der Waals surface area contributed by atoms with Gasteiger partial charge in [-0.1, -0.05) is 26.8 Å². The lowest BCUT2D eigenvalue weighted by atomic mass is 9.62. The van der Waals surface area contributed by atoms with E-state index in [9.17, 15) is 24.6 Å². The van der Waals surface area contributed by atoms with Crippen molar-refractivity contribution in [2.24, 2.45) is 23.7 Å². The average molecular weight is 451 g/mol. The molecule has 0 aliphatic carbocycles. The molecule has 0 aromatic carbocycles. The molecule has 3 fully saturated rings. The Balaban J connectivity index is 2.19. The molecule has 0 aromatic rings. The SMILES string of the molecule is C=CCN(C(=O)C1N([C@@H](CO)CC(C)C)C(=O)[C@@H]2[C@@H](C(=O)O)[C@]3(C)OC12CC3C)C(C)C. The van der Waals surface area contributed by atoms with Gasteiger partial charge in [-0.3, -0.25) is 14.4 Å². The molecular formula is C24H38N2O6. The molecule has 3 unspecified atom stereocenters. The number of fused-ring (bicyclic) bond motifs is 1. The van der Waals surface area contributed by atoms with E-state index in [4.69, 9.17) is 4.74 Å². The maximum absolute atomic E-state index is 14.0. The van der Waals surface area contributed by atoms with E-state index in [1.807, 2.05) is 34.6 Å². The van der Waals surface area contributed by atoms with Crippen molar-refractivity contribution in [3.8, 4) is 0 Å². The summed E-state index contributed by atoms with van der Waals surface area (Å²) in [5.74, 6) is -3.70. The molecule has 3 aliphatic heterocycles. The van der Waals surface area contributed by atoms with Crippen molar-refractivity contribution in [2.45, 2.75) is 83.7 Å². The van der Waals surface area contributed by atoms with Gasteiger partial charge in [0.15, 0.2) is 0 Å². The van der Waals surface area contributed by atoms with E-state index in [-0.39, 0.29) is 30.4 Å². The highest BCUT2D eigenvalue weighted by molar-refractivity contribution is 5.98. The third kappa shape index (κ3) is 3.37. The maximum atomic E-state index is 14.0. The molecule has 1 spiro atoms. The van der Waals surface area contributed by atoms with Crippen LogP contribution >= 0.6 is 0 Å². The Morgan fingerprint density at radius 2 is 1.97 bits per heavy atom. The van der Waals surface area contributed by atoms with Crippen LogP contribution in [0.4, 0.5) is 0 Å². The quantitative estimate of drug-likeness (QED) is 0.520. The van der Waals surface area contributed by atoms with Crippen LogP contribution in [0.3, 0.4) is 0 Å². The van der Waals surface area contributed by atoms with Crippen LogP contribution in [-0.4, -0.2) is 80.3 Å². The predicted octanol–water partition coefficient (Wildman–Crippen LogP) is 1.91. The molecule has 2 bridgehead atoms. The summed E-state index contributed by atoms with van der Waals surface area (Å²) in [4.78, 5) is 43.4. The zero-order chi connectivity index (χ0) is 24.2. The minimum absolute atomic E-state index is 0.132. The largest absolute Gasteiger partial charge is 0.481 e. The number of rotatable bonds is 9. The summed E-state index contributed by atoms with van der Waals surface area (Å²) >= 11 is 0. The van der Waals surface area contributed by atoms with Gasteiger partial charge in [-0.05, 0) is 45.4 Å². The van der Waals surface area contributed by atoms with Crippen LogP contribution in [0.5, 0.6) is 0 Å². The Morgan fingerprint density at radius 1 is 1.34 bits per heavy atom. The van der Waals surface area contributed by atoms with Crippen LogP contribution in [0, 0.1) is 23.7 Å². The first-order chi connectivity index (χ1) is 14.9. The number of likely N-dealkylation sites (tertiary alicyclic amines) is 1. The molecule has 0 saturated carbocycles. The summed E-state index contributed by atoms with van der Waals surface area (Å²) in [6.07, 6.45) is 2.57. The monoisotopic (exact) mass is 450 g/mol. The number of carbonyl (C=O) groups is 3. The number of carboxylic acids is 1. The number of ether oxygens (including phenoxy) is 1. The number of aliphatic carboxylic acids is 1. The van der Waals surface area contributed by atoms with Gasteiger partial charge in [-0.2, -0.15) is 0 Å². The lowest BCUT2D eigenvalue weighted by Gasteiger charge is -2.41. The number of aliphatic hydroxyl groups is 1. The Bertz CT molecular complexity index is 797. The van der Waals surface area contributed by atoms with Gasteiger partial charge in [0.05, 0.1) is 24.2 Å². The molecule has 2 N–H and O–H groups in total.